The number of carbonyl (C=O) groups excluding carboxylic acids is 2. The van der Waals surface area contributed by atoms with Crippen LogP contribution in [-0.4, -0.2) is 45.4 Å². The highest BCUT2D eigenvalue weighted by molar-refractivity contribution is 7.89. The summed E-state index contributed by atoms with van der Waals surface area (Å²) in [5.41, 5.74) is 1.95. The summed E-state index contributed by atoms with van der Waals surface area (Å²) in [4.78, 5) is 29.0. The van der Waals surface area contributed by atoms with Crippen LogP contribution in [0.4, 0.5) is 5.69 Å². The molecule has 8 nitrogen and oxygen atoms in total. The molecule has 0 saturated carbocycles. The van der Waals surface area contributed by atoms with Crippen molar-refractivity contribution in [2.75, 3.05) is 26.0 Å². The Kier molecular flexibility index (Phi) is 7.27. The van der Waals surface area contributed by atoms with E-state index in [1.165, 1.54) is 38.4 Å². The van der Waals surface area contributed by atoms with E-state index in [0.717, 1.165) is 16.5 Å². The summed E-state index contributed by atoms with van der Waals surface area (Å²) in [6.07, 6.45) is 0.774. The SMILES string of the molecule is CCc1ccccc1NC(=O)CNC(=O)c1ccc(S(=O)(=O)N(C)OC)cc1. The molecular weight excluding hydrogens is 382 g/mol. The largest absolute Gasteiger partial charge is 0.343 e. The van der Waals surface area contributed by atoms with Crippen LogP contribution in [0.1, 0.15) is 22.8 Å². The van der Waals surface area contributed by atoms with Gasteiger partial charge in [0.25, 0.3) is 15.9 Å². The molecule has 2 aromatic carbocycles. The zero-order chi connectivity index (χ0) is 20.7. The first-order valence-corrected chi connectivity index (χ1v) is 10.0. The van der Waals surface area contributed by atoms with Crippen LogP contribution in [-0.2, 0) is 26.1 Å². The van der Waals surface area contributed by atoms with Gasteiger partial charge in [0, 0.05) is 18.3 Å². The molecule has 0 fully saturated rings. The number of benzene rings is 2. The number of hydrogen-bond acceptors (Lipinski definition) is 5. The van der Waals surface area contributed by atoms with Gasteiger partial charge in [-0.15, -0.1) is 0 Å². The number of hydrogen-bond donors (Lipinski definition) is 2. The molecule has 28 heavy (non-hydrogen) atoms. The number of anilines is 1. The lowest BCUT2D eigenvalue weighted by Crippen LogP contribution is -2.33. The molecule has 2 aromatic rings. The predicted molar refractivity (Wildman–Crippen MR) is 105 cm³/mol. The van der Waals surface area contributed by atoms with Crippen LogP contribution in [0.3, 0.4) is 0 Å². The molecule has 0 radical (unpaired) electrons. The Morgan fingerprint density at radius 1 is 1.07 bits per heavy atom. The van der Waals surface area contributed by atoms with E-state index in [4.69, 9.17) is 4.84 Å². The van der Waals surface area contributed by atoms with E-state index in [-0.39, 0.29) is 22.9 Å². The Morgan fingerprint density at radius 3 is 2.32 bits per heavy atom. The van der Waals surface area contributed by atoms with Crippen molar-refractivity contribution >= 4 is 27.5 Å². The minimum absolute atomic E-state index is 0.0117. The summed E-state index contributed by atoms with van der Waals surface area (Å²) in [6.45, 7) is 1.78. The Labute approximate surface area is 164 Å². The Morgan fingerprint density at radius 2 is 1.71 bits per heavy atom. The second-order valence-corrected chi connectivity index (χ2v) is 7.80. The summed E-state index contributed by atoms with van der Waals surface area (Å²) in [7, 11) is -1.27. The summed E-state index contributed by atoms with van der Waals surface area (Å²) in [5, 5.41) is 5.28. The number of carbonyl (C=O) groups is 2. The van der Waals surface area contributed by atoms with E-state index in [0.29, 0.717) is 5.69 Å². The highest BCUT2D eigenvalue weighted by atomic mass is 32.2. The fourth-order valence-electron chi connectivity index (χ4n) is 2.43. The van der Waals surface area contributed by atoms with Crippen LogP contribution >= 0.6 is 0 Å². The van der Waals surface area contributed by atoms with Gasteiger partial charge in [-0.2, -0.15) is 0 Å². The van der Waals surface area contributed by atoms with Crippen LogP contribution < -0.4 is 10.6 Å². The molecule has 0 aliphatic carbocycles. The maximum atomic E-state index is 12.2. The van der Waals surface area contributed by atoms with Crippen molar-refractivity contribution < 1.29 is 22.8 Å². The Bertz CT molecular complexity index is 942. The molecule has 0 aliphatic rings. The highest BCUT2D eigenvalue weighted by Gasteiger charge is 2.21. The lowest BCUT2D eigenvalue weighted by molar-refractivity contribution is -0.115. The molecule has 0 unspecified atom stereocenters. The third kappa shape index (κ3) is 5.16. The Balaban J connectivity index is 1.97. The molecular formula is C19H23N3O5S. The summed E-state index contributed by atoms with van der Waals surface area (Å²) >= 11 is 0. The van der Waals surface area contributed by atoms with Crippen LogP contribution in [0.2, 0.25) is 0 Å². The molecule has 0 spiro atoms. The van der Waals surface area contributed by atoms with Gasteiger partial charge in [-0.25, -0.2) is 8.42 Å². The van der Waals surface area contributed by atoms with Crippen LogP contribution in [0.25, 0.3) is 0 Å². The second-order valence-electron chi connectivity index (χ2n) is 5.86. The van der Waals surface area contributed by atoms with Crippen LogP contribution in [0.5, 0.6) is 0 Å². The average Bonchev–Trinajstić information content (AvgIpc) is 2.71. The van der Waals surface area contributed by atoms with Crippen molar-refractivity contribution in [2.24, 2.45) is 0 Å². The number of para-hydroxylation sites is 1. The minimum Gasteiger partial charge on any atom is -0.343 e. The molecule has 2 amide bonds. The standard InChI is InChI=1S/C19H23N3O5S/c1-4-14-7-5-6-8-17(14)21-18(23)13-20-19(24)15-9-11-16(12-10-15)28(25,26)22(2)27-3/h5-12H,4,13H2,1-3H3,(H,20,24)(H,21,23). The zero-order valence-electron chi connectivity index (χ0n) is 15.9. The fourth-order valence-corrected chi connectivity index (χ4v) is 3.41. The summed E-state index contributed by atoms with van der Waals surface area (Å²) in [5.74, 6) is -0.835. The third-order valence-corrected chi connectivity index (χ3v) is 5.79. The van der Waals surface area contributed by atoms with Gasteiger partial charge < -0.3 is 10.6 Å². The maximum Gasteiger partial charge on any atom is 0.264 e. The first-order valence-electron chi connectivity index (χ1n) is 8.58. The van der Waals surface area contributed by atoms with E-state index in [1.54, 1.807) is 6.07 Å². The van der Waals surface area contributed by atoms with E-state index in [2.05, 4.69) is 10.6 Å². The van der Waals surface area contributed by atoms with Crippen molar-refractivity contribution in [3.05, 3.63) is 59.7 Å². The van der Waals surface area contributed by atoms with Gasteiger partial charge in [0.05, 0.1) is 18.6 Å². The molecule has 0 saturated heterocycles. The molecule has 9 heteroatoms. The van der Waals surface area contributed by atoms with Gasteiger partial charge in [0.1, 0.15) is 0 Å². The number of nitrogens with one attached hydrogen (secondary N) is 2. The topological polar surface area (TPSA) is 105 Å². The van der Waals surface area contributed by atoms with Crippen molar-refractivity contribution in [1.29, 1.82) is 0 Å². The van der Waals surface area contributed by atoms with E-state index in [9.17, 15) is 18.0 Å². The number of rotatable bonds is 8. The number of hydroxylamine groups is 1. The Hall–Kier alpha value is -2.75. The van der Waals surface area contributed by atoms with Crippen molar-refractivity contribution in [3.63, 3.8) is 0 Å². The van der Waals surface area contributed by atoms with Crippen LogP contribution in [0.15, 0.2) is 53.4 Å². The lowest BCUT2D eigenvalue weighted by atomic mass is 10.1. The van der Waals surface area contributed by atoms with Crippen molar-refractivity contribution in [2.45, 2.75) is 18.2 Å². The molecule has 0 aromatic heterocycles. The van der Waals surface area contributed by atoms with E-state index in [1.807, 2.05) is 25.1 Å². The van der Waals surface area contributed by atoms with Gasteiger partial charge in [0.15, 0.2) is 0 Å². The molecule has 2 rings (SSSR count). The van der Waals surface area contributed by atoms with Gasteiger partial charge in [-0.3, -0.25) is 14.4 Å². The molecule has 0 heterocycles. The second kappa shape index (κ2) is 9.45. The first-order chi connectivity index (χ1) is 13.3. The van der Waals surface area contributed by atoms with Gasteiger partial charge in [-0.1, -0.05) is 29.6 Å². The first kappa shape index (κ1) is 21.5. The van der Waals surface area contributed by atoms with Gasteiger partial charge in [-0.05, 0) is 42.3 Å². The minimum atomic E-state index is -3.78. The average molecular weight is 405 g/mol. The molecule has 0 aliphatic heterocycles. The monoisotopic (exact) mass is 405 g/mol. The third-order valence-electron chi connectivity index (χ3n) is 4.09. The number of amides is 2. The molecule has 150 valence electrons. The quantitative estimate of drug-likeness (QED) is 0.652. The number of aryl methyl sites for hydroxylation is 1. The fraction of sp³-hybridized carbons (Fsp3) is 0.263. The smallest absolute Gasteiger partial charge is 0.264 e. The number of nitrogens with zero attached hydrogens (tertiary/aromatic N) is 1. The van der Waals surface area contributed by atoms with E-state index >= 15 is 0 Å². The lowest BCUT2D eigenvalue weighted by Gasteiger charge is -2.14. The zero-order valence-corrected chi connectivity index (χ0v) is 16.7. The number of sulfonamides is 1. The summed E-state index contributed by atoms with van der Waals surface area (Å²) in [6, 6.07) is 12.8. The predicted octanol–water partition coefficient (Wildman–Crippen LogP) is 1.80. The van der Waals surface area contributed by atoms with Gasteiger partial charge in [0.2, 0.25) is 5.91 Å². The maximum absolute atomic E-state index is 12.2. The normalized spacial score (nSPS) is 11.3. The van der Waals surface area contributed by atoms with Crippen LogP contribution in [0, 0.1) is 0 Å². The molecule has 2 N–H and O–H groups in total. The van der Waals surface area contributed by atoms with E-state index < -0.39 is 15.9 Å². The van der Waals surface area contributed by atoms with Gasteiger partial charge >= 0.3 is 0 Å². The van der Waals surface area contributed by atoms with Crippen molar-refractivity contribution in [3.8, 4) is 0 Å². The highest BCUT2D eigenvalue weighted by Crippen LogP contribution is 2.16. The molecule has 0 bridgehead atoms. The molecule has 0 atom stereocenters. The van der Waals surface area contributed by atoms with Crippen molar-refractivity contribution in [1.82, 2.24) is 9.79 Å². The summed E-state index contributed by atoms with van der Waals surface area (Å²) < 4.78 is 25.0.